The fourth-order valence-corrected chi connectivity index (χ4v) is 18.3. The summed E-state index contributed by atoms with van der Waals surface area (Å²) in [4.78, 5) is 4.72. The van der Waals surface area contributed by atoms with E-state index in [2.05, 4.69) is 103 Å². The largest absolute Gasteiger partial charge is 0.491 e. The van der Waals surface area contributed by atoms with E-state index < -0.39 is 16.6 Å². The Morgan fingerprint density at radius 2 is 1.16 bits per heavy atom. The van der Waals surface area contributed by atoms with Crippen LogP contribution in [0.25, 0.3) is 0 Å². The average Bonchev–Trinajstić information content (AvgIpc) is 3.28. The molecule has 0 radical (unpaired) electrons. The van der Waals surface area contributed by atoms with E-state index in [1.807, 2.05) is 12.2 Å². The first kappa shape index (κ1) is 33.3. The highest BCUT2D eigenvalue weighted by atomic mass is 28.4. The van der Waals surface area contributed by atoms with E-state index in [1.54, 1.807) is 0 Å². The van der Waals surface area contributed by atoms with Crippen molar-refractivity contribution in [2.24, 2.45) is 10.9 Å². The van der Waals surface area contributed by atoms with Crippen LogP contribution in [0.5, 0.6) is 0 Å². The van der Waals surface area contributed by atoms with Gasteiger partial charge in [-0.3, -0.25) is 0 Å². The molecule has 0 fully saturated rings. The van der Waals surface area contributed by atoms with Crippen LogP contribution in [-0.2, 0) is 18.3 Å². The Labute approximate surface area is 237 Å². The van der Waals surface area contributed by atoms with Gasteiger partial charge in [0.15, 0.2) is 0 Å². The van der Waals surface area contributed by atoms with Crippen LogP contribution < -0.4 is 0 Å². The third-order valence-electron chi connectivity index (χ3n) is 9.07. The van der Waals surface area contributed by atoms with Crippen molar-refractivity contribution in [1.29, 1.82) is 0 Å². The standard InChI is InChI=1S/C31H59NO4Si2/c1-20(2)28-18-34-31(32-28)16-15-27-17-29(35-37(21(3)4,22(5)6)23(7)8)30(19-33-27)36-38(24(9)10,25(11)12)26(13)14/h15-17,20-26,28-30H,18-19H2,1-14H3/b16-15+/t28-,29-,30-/m1/s1. The van der Waals surface area contributed by atoms with Gasteiger partial charge in [0.1, 0.15) is 25.1 Å². The summed E-state index contributed by atoms with van der Waals surface area (Å²) in [5, 5.41) is 0. The Morgan fingerprint density at radius 3 is 1.58 bits per heavy atom. The van der Waals surface area contributed by atoms with Gasteiger partial charge in [0.2, 0.25) is 22.5 Å². The molecule has 0 aromatic carbocycles. The number of hydrogen-bond acceptors (Lipinski definition) is 5. The van der Waals surface area contributed by atoms with Crippen LogP contribution in [0.1, 0.15) is 96.9 Å². The maximum absolute atomic E-state index is 7.40. The molecular weight excluding hydrogens is 507 g/mol. The molecule has 0 saturated carbocycles. The van der Waals surface area contributed by atoms with Crippen molar-refractivity contribution in [2.75, 3.05) is 13.2 Å². The van der Waals surface area contributed by atoms with Crippen LogP contribution in [0.2, 0.25) is 33.2 Å². The molecular formula is C31H59NO4Si2. The molecule has 3 atom stereocenters. The predicted octanol–water partition coefficient (Wildman–Crippen LogP) is 9.03. The molecule has 220 valence electrons. The molecule has 0 amide bonds. The fourth-order valence-electron chi connectivity index (χ4n) is 7.21. The summed E-state index contributed by atoms with van der Waals surface area (Å²) >= 11 is 0. The van der Waals surface area contributed by atoms with Gasteiger partial charge in [-0.15, -0.1) is 0 Å². The Hall–Kier alpha value is -0.896. The SMILES string of the molecule is CC(C)[C@H]1COC(/C=C/C2=C[C@@H](O[Si](C(C)C)(C(C)C)C(C)C)[C@H](O[Si](C(C)C)(C(C)C)C(C)C)CO2)=N1. The van der Waals surface area contributed by atoms with Gasteiger partial charge >= 0.3 is 0 Å². The van der Waals surface area contributed by atoms with Gasteiger partial charge < -0.3 is 18.3 Å². The quantitative estimate of drug-likeness (QED) is 0.209. The third-order valence-corrected chi connectivity index (χ3v) is 21.3. The first-order chi connectivity index (χ1) is 17.6. The van der Waals surface area contributed by atoms with E-state index in [-0.39, 0.29) is 18.2 Å². The van der Waals surface area contributed by atoms with Gasteiger partial charge in [0.25, 0.3) is 0 Å². The highest BCUT2D eigenvalue weighted by Gasteiger charge is 2.51. The number of nitrogens with zero attached hydrogens (tertiary/aromatic N) is 1. The van der Waals surface area contributed by atoms with Crippen molar-refractivity contribution in [3.63, 3.8) is 0 Å². The van der Waals surface area contributed by atoms with Crippen molar-refractivity contribution in [3.8, 4) is 0 Å². The number of aliphatic imine (C=N–C) groups is 1. The molecule has 0 saturated heterocycles. The van der Waals surface area contributed by atoms with E-state index in [0.717, 1.165) is 5.76 Å². The molecule has 0 N–H and O–H groups in total. The lowest BCUT2D eigenvalue weighted by Crippen LogP contribution is -2.57. The lowest BCUT2D eigenvalue weighted by molar-refractivity contribution is -0.00782. The number of ether oxygens (including phenoxy) is 2. The van der Waals surface area contributed by atoms with Crippen molar-refractivity contribution < 1.29 is 18.3 Å². The fraction of sp³-hybridized carbons (Fsp3) is 0.839. The summed E-state index contributed by atoms with van der Waals surface area (Å²) in [5.74, 6) is 1.97. The number of allylic oxidation sites excluding steroid dienone is 1. The van der Waals surface area contributed by atoms with Gasteiger partial charge in [0.05, 0.1) is 12.1 Å². The monoisotopic (exact) mass is 565 g/mol. The first-order valence-corrected chi connectivity index (χ1v) is 19.5. The van der Waals surface area contributed by atoms with Crippen LogP contribution in [0.4, 0.5) is 0 Å². The van der Waals surface area contributed by atoms with Crippen molar-refractivity contribution in [2.45, 2.75) is 148 Å². The molecule has 2 heterocycles. The zero-order valence-electron chi connectivity index (χ0n) is 27.0. The zero-order valence-corrected chi connectivity index (χ0v) is 29.0. The summed E-state index contributed by atoms with van der Waals surface area (Å²) in [5.41, 5.74) is 2.99. The van der Waals surface area contributed by atoms with E-state index in [4.69, 9.17) is 23.3 Å². The lowest BCUT2D eigenvalue weighted by atomic mass is 10.1. The highest BCUT2D eigenvalue weighted by Crippen LogP contribution is 2.47. The van der Waals surface area contributed by atoms with Gasteiger partial charge in [-0.25, -0.2) is 4.99 Å². The van der Waals surface area contributed by atoms with Crippen molar-refractivity contribution in [1.82, 2.24) is 0 Å². The summed E-state index contributed by atoms with van der Waals surface area (Å²) in [7, 11) is -4.28. The number of rotatable bonds is 13. The molecule has 0 unspecified atom stereocenters. The third kappa shape index (κ3) is 7.05. The van der Waals surface area contributed by atoms with Crippen molar-refractivity contribution in [3.05, 3.63) is 24.0 Å². The zero-order chi connectivity index (χ0) is 29.0. The summed E-state index contributed by atoms with van der Waals surface area (Å²) in [6.07, 6.45) is 5.87. The second-order valence-electron chi connectivity index (χ2n) is 13.7. The second kappa shape index (κ2) is 13.6. The van der Waals surface area contributed by atoms with Gasteiger partial charge in [-0.05, 0) is 51.3 Å². The molecule has 2 aliphatic heterocycles. The molecule has 0 aromatic heterocycles. The molecule has 2 rings (SSSR count). The molecule has 0 bridgehead atoms. The molecule has 0 aromatic rings. The molecule has 38 heavy (non-hydrogen) atoms. The topological polar surface area (TPSA) is 49.3 Å². The maximum atomic E-state index is 7.40. The summed E-state index contributed by atoms with van der Waals surface area (Å²) < 4.78 is 26.9. The van der Waals surface area contributed by atoms with Gasteiger partial charge in [0, 0.05) is 6.08 Å². The van der Waals surface area contributed by atoms with E-state index >= 15 is 0 Å². The highest BCUT2D eigenvalue weighted by molar-refractivity contribution is 6.78. The first-order valence-electron chi connectivity index (χ1n) is 15.2. The Kier molecular flexibility index (Phi) is 12.0. The normalized spacial score (nSPS) is 23.4. The molecule has 0 spiro atoms. The minimum atomic E-state index is -2.15. The maximum Gasteiger partial charge on any atom is 0.209 e. The average molecular weight is 566 g/mol. The van der Waals surface area contributed by atoms with Crippen LogP contribution in [-0.4, -0.2) is 54.0 Å². The second-order valence-corrected chi connectivity index (χ2v) is 24.5. The van der Waals surface area contributed by atoms with E-state index in [1.165, 1.54) is 0 Å². The molecule has 0 aliphatic carbocycles. The van der Waals surface area contributed by atoms with Crippen molar-refractivity contribution >= 4 is 22.5 Å². The summed E-state index contributed by atoms with van der Waals surface area (Å²) in [6.45, 7) is 33.7. The van der Waals surface area contributed by atoms with Crippen LogP contribution >= 0.6 is 0 Å². The van der Waals surface area contributed by atoms with Crippen LogP contribution in [0, 0.1) is 5.92 Å². The predicted molar refractivity (Wildman–Crippen MR) is 167 cm³/mol. The number of hydrogen-bond donors (Lipinski definition) is 0. The molecule has 5 nitrogen and oxygen atoms in total. The van der Waals surface area contributed by atoms with E-state index in [0.29, 0.717) is 58.3 Å². The lowest BCUT2D eigenvalue weighted by Gasteiger charge is -2.49. The summed E-state index contributed by atoms with van der Waals surface area (Å²) in [6, 6.07) is 0.223. The Morgan fingerprint density at radius 1 is 0.684 bits per heavy atom. The molecule has 7 heteroatoms. The minimum absolute atomic E-state index is 0.112. The van der Waals surface area contributed by atoms with Crippen LogP contribution in [0.15, 0.2) is 29.0 Å². The smallest absolute Gasteiger partial charge is 0.209 e. The minimum Gasteiger partial charge on any atom is -0.491 e. The Bertz CT molecular complexity index is 801. The van der Waals surface area contributed by atoms with Gasteiger partial charge in [-0.2, -0.15) is 0 Å². The van der Waals surface area contributed by atoms with Crippen LogP contribution in [0.3, 0.4) is 0 Å². The molecule has 2 aliphatic rings. The van der Waals surface area contributed by atoms with E-state index in [9.17, 15) is 0 Å². The van der Waals surface area contributed by atoms with Gasteiger partial charge in [-0.1, -0.05) is 96.9 Å². The Balaban J connectivity index is 2.50.